The van der Waals surface area contributed by atoms with E-state index in [0.29, 0.717) is 5.41 Å². The van der Waals surface area contributed by atoms with Gasteiger partial charge in [-0.1, -0.05) is 26.7 Å². The number of unbranched alkanes of at least 4 members (excludes halogenated alkanes) is 2. The van der Waals surface area contributed by atoms with Gasteiger partial charge < -0.3 is 10.6 Å². The maximum absolute atomic E-state index is 5.84. The lowest BCUT2D eigenvalue weighted by atomic mass is 9.81. The van der Waals surface area contributed by atoms with Crippen molar-refractivity contribution in [3.05, 3.63) is 5.82 Å². The van der Waals surface area contributed by atoms with Gasteiger partial charge in [-0.2, -0.15) is 4.98 Å². The van der Waals surface area contributed by atoms with Crippen molar-refractivity contribution in [1.82, 2.24) is 15.2 Å². The first-order valence-corrected chi connectivity index (χ1v) is 7.53. The van der Waals surface area contributed by atoms with Gasteiger partial charge in [-0.25, -0.2) is 0 Å². The van der Waals surface area contributed by atoms with Gasteiger partial charge in [-0.15, -0.1) is 5.10 Å². The number of rotatable bonds is 6. The average molecular weight is 265 g/mol. The molecular weight excluding hydrogens is 238 g/mol. The number of aromatic amines is 1. The van der Waals surface area contributed by atoms with Crippen LogP contribution in [0.3, 0.4) is 0 Å². The second-order valence-electron chi connectivity index (χ2n) is 6.04. The Labute approximate surface area is 116 Å². The zero-order valence-corrected chi connectivity index (χ0v) is 12.3. The van der Waals surface area contributed by atoms with Crippen LogP contribution >= 0.6 is 0 Å². The molecule has 0 aromatic carbocycles. The van der Waals surface area contributed by atoms with Gasteiger partial charge in [0.1, 0.15) is 5.82 Å². The van der Waals surface area contributed by atoms with E-state index < -0.39 is 0 Å². The molecule has 0 unspecified atom stereocenters. The number of hydrogen-bond acceptors (Lipinski definition) is 4. The third-order valence-electron chi connectivity index (χ3n) is 4.28. The third kappa shape index (κ3) is 3.69. The fourth-order valence-electron chi connectivity index (χ4n) is 2.53. The van der Waals surface area contributed by atoms with Gasteiger partial charge in [0.2, 0.25) is 5.95 Å². The number of hydrogen-bond donors (Lipinski definition) is 2. The molecular formula is C14H27N5. The SMILES string of the molecule is CCCCCc1nc(N2CCC(C)(CN)CC2)n[nH]1. The molecule has 0 saturated carbocycles. The topological polar surface area (TPSA) is 70.8 Å². The average Bonchev–Trinajstić information content (AvgIpc) is 2.89. The van der Waals surface area contributed by atoms with Crippen molar-refractivity contribution in [2.75, 3.05) is 24.5 Å². The third-order valence-corrected chi connectivity index (χ3v) is 4.28. The van der Waals surface area contributed by atoms with Crippen molar-refractivity contribution in [3.8, 4) is 0 Å². The predicted molar refractivity (Wildman–Crippen MR) is 78.2 cm³/mol. The molecule has 0 spiro atoms. The van der Waals surface area contributed by atoms with Crippen LogP contribution in [-0.4, -0.2) is 34.8 Å². The summed E-state index contributed by atoms with van der Waals surface area (Å²) < 4.78 is 0. The number of piperidine rings is 1. The van der Waals surface area contributed by atoms with E-state index in [-0.39, 0.29) is 0 Å². The van der Waals surface area contributed by atoms with E-state index in [1.807, 2.05) is 0 Å². The molecule has 5 nitrogen and oxygen atoms in total. The van der Waals surface area contributed by atoms with E-state index in [0.717, 1.165) is 50.7 Å². The highest BCUT2D eigenvalue weighted by Crippen LogP contribution is 2.30. The summed E-state index contributed by atoms with van der Waals surface area (Å²) in [6.45, 7) is 7.30. The van der Waals surface area contributed by atoms with Gasteiger partial charge in [0.25, 0.3) is 0 Å². The number of H-pyrrole nitrogens is 1. The number of nitrogens with zero attached hydrogens (tertiary/aromatic N) is 3. The molecule has 19 heavy (non-hydrogen) atoms. The van der Waals surface area contributed by atoms with Gasteiger partial charge in [-0.05, 0) is 31.2 Å². The van der Waals surface area contributed by atoms with E-state index >= 15 is 0 Å². The Kier molecular flexibility index (Phi) is 4.80. The Bertz CT molecular complexity index is 379. The Hall–Kier alpha value is -1.10. The lowest BCUT2D eigenvalue weighted by Crippen LogP contribution is -2.42. The van der Waals surface area contributed by atoms with Gasteiger partial charge in [0, 0.05) is 19.5 Å². The first kappa shape index (κ1) is 14.3. The highest BCUT2D eigenvalue weighted by atomic mass is 15.4. The quantitative estimate of drug-likeness (QED) is 0.773. The van der Waals surface area contributed by atoms with E-state index in [9.17, 15) is 0 Å². The molecule has 1 fully saturated rings. The fourth-order valence-corrected chi connectivity index (χ4v) is 2.53. The first-order valence-electron chi connectivity index (χ1n) is 7.53. The molecule has 0 amide bonds. The molecule has 0 radical (unpaired) electrons. The second-order valence-corrected chi connectivity index (χ2v) is 6.04. The predicted octanol–water partition coefficient (Wildman–Crippen LogP) is 2.10. The molecule has 2 rings (SSSR count). The lowest BCUT2D eigenvalue weighted by Gasteiger charge is -2.38. The van der Waals surface area contributed by atoms with E-state index in [2.05, 4.69) is 33.9 Å². The van der Waals surface area contributed by atoms with Crippen LogP contribution < -0.4 is 10.6 Å². The van der Waals surface area contributed by atoms with Crippen LogP contribution in [0.2, 0.25) is 0 Å². The van der Waals surface area contributed by atoms with Crippen LogP contribution in [0.5, 0.6) is 0 Å². The molecule has 0 bridgehead atoms. The molecule has 1 aromatic rings. The summed E-state index contributed by atoms with van der Waals surface area (Å²) in [4.78, 5) is 6.88. The van der Waals surface area contributed by atoms with Crippen molar-refractivity contribution in [2.24, 2.45) is 11.1 Å². The van der Waals surface area contributed by atoms with Crippen LogP contribution in [0.25, 0.3) is 0 Å². The molecule has 1 aliphatic rings. The fraction of sp³-hybridized carbons (Fsp3) is 0.857. The zero-order chi connectivity index (χ0) is 13.7. The van der Waals surface area contributed by atoms with Crippen molar-refractivity contribution in [3.63, 3.8) is 0 Å². The van der Waals surface area contributed by atoms with Crippen molar-refractivity contribution < 1.29 is 0 Å². The maximum Gasteiger partial charge on any atom is 0.244 e. The lowest BCUT2D eigenvalue weighted by molar-refractivity contribution is 0.257. The Morgan fingerprint density at radius 1 is 1.32 bits per heavy atom. The van der Waals surface area contributed by atoms with Crippen LogP contribution in [0, 0.1) is 5.41 Å². The van der Waals surface area contributed by atoms with Gasteiger partial charge in [0.15, 0.2) is 0 Å². The summed E-state index contributed by atoms with van der Waals surface area (Å²) in [5.41, 5.74) is 6.14. The Morgan fingerprint density at radius 3 is 2.68 bits per heavy atom. The smallest absolute Gasteiger partial charge is 0.244 e. The first-order chi connectivity index (χ1) is 9.17. The van der Waals surface area contributed by atoms with Gasteiger partial charge >= 0.3 is 0 Å². The molecule has 0 atom stereocenters. The van der Waals surface area contributed by atoms with Crippen molar-refractivity contribution in [1.29, 1.82) is 0 Å². The number of nitrogens with one attached hydrogen (secondary N) is 1. The minimum atomic E-state index is 0.302. The van der Waals surface area contributed by atoms with Gasteiger partial charge in [0.05, 0.1) is 0 Å². The van der Waals surface area contributed by atoms with Crippen LogP contribution in [0.4, 0.5) is 5.95 Å². The van der Waals surface area contributed by atoms with Crippen molar-refractivity contribution >= 4 is 5.95 Å². The minimum absolute atomic E-state index is 0.302. The zero-order valence-electron chi connectivity index (χ0n) is 12.3. The summed E-state index contributed by atoms with van der Waals surface area (Å²) in [6, 6.07) is 0. The number of aromatic nitrogens is 3. The Morgan fingerprint density at radius 2 is 2.05 bits per heavy atom. The maximum atomic E-state index is 5.84. The second kappa shape index (κ2) is 6.37. The van der Waals surface area contributed by atoms with E-state index in [1.165, 1.54) is 19.3 Å². The van der Waals surface area contributed by atoms with Gasteiger partial charge in [-0.3, -0.25) is 5.10 Å². The molecule has 1 saturated heterocycles. The standard InChI is InChI=1S/C14H27N5/c1-3-4-5-6-12-16-13(18-17-12)19-9-7-14(2,11-15)8-10-19/h3-11,15H2,1-2H3,(H,16,17,18). The molecule has 5 heteroatoms. The molecule has 3 N–H and O–H groups in total. The molecule has 0 aliphatic carbocycles. The summed E-state index contributed by atoms with van der Waals surface area (Å²) in [5, 5.41) is 7.42. The van der Waals surface area contributed by atoms with E-state index in [1.54, 1.807) is 0 Å². The highest BCUT2D eigenvalue weighted by Gasteiger charge is 2.29. The number of aryl methyl sites for hydroxylation is 1. The summed E-state index contributed by atoms with van der Waals surface area (Å²) in [5.74, 6) is 1.89. The minimum Gasteiger partial charge on any atom is -0.340 e. The Balaban J connectivity index is 1.86. The number of anilines is 1. The highest BCUT2D eigenvalue weighted by molar-refractivity contribution is 5.29. The largest absolute Gasteiger partial charge is 0.340 e. The summed E-state index contributed by atoms with van der Waals surface area (Å²) in [6.07, 6.45) is 6.96. The normalized spacial score (nSPS) is 18.8. The molecule has 1 aliphatic heterocycles. The van der Waals surface area contributed by atoms with Crippen LogP contribution in [0.1, 0.15) is 51.8 Å². The summed E-state index contributed by atoms with van der Waals surface area (Å²) in [7, 11) is 0. The van der Waals surface area contributed by atoms with E-state index in [4.69, 9.17) is 5.73 Å². The van der Waals surface area contributed by atoms with Crippen LogP contribution in [-0.2, 0) is 6.42 Å². The van der Waals surface area contributed by atoms with Crippen LogP contribution in [0.15, 0.2) is 0 Å². The monoisotopic (exact) mass is 265 g/mol. The van der Waals surface area contributed by atoms with Crippen molar-refractivity contribution in [2.45, 2.75) is 52.4 Å². The molecule has 1 aromatic heterocycles. The summed E-state index contributed by atoms with van der Waals surface area (Å²) >= 11 is 0. The molecule has 108 valence electrons. The number of nitrogens with two attached hydrogens (primary N) is 1. The molecule has 2 heterocycles.